The number of benzene rings is 1. The van der Waals surface area contributed by atoms with Gasteiger partial charge in [0.25, 0.3) is 0 Å². The van der Waals surface area contributed by atoms with E-state index in [0.29, 0.717) is 25.3 Å². The molecule has 2 rings (SSSR count). The van der Waals surface area contributed by atoms with E-state index in [1.54, 1.807) is 18.5 Å². The summed E-state index contributed by atoms with van der Waals surface area (Å²) in [5.74, 6) is 0.0435. The van der Waals surface area contributed by atoms with Crippen LogP contribution in [0.1, 0.15) is 24.5 Å². The Morgan fingerprint density at radius 2 is 2.14 bits per heavy atom. The molecule has 0 aliphatic heterocycles. The molecule has 1 aromatic carbocycles. The monoisotopic (exact) mass is 288 g/mol. The van der Waals surface area contributed by atoms with Crippen LogP contribution in [-0.2, 0) is 13.0 Å². The van der Waals surface area contributed by atoms with E-state index in [2.05, 4.69) is 17.2 Å². The van der Waals surface area contributed by atoms with Crippen molar-refractivity contribution >= 4 is 0 Å². The number of ether oxygens (including phenoxy) is 1. The number of nitrogens with zero attached hydrogens (tertiary/aromatic N) is 1. The van der Waals surface area contributed by atoms with Gasteiger partial charge in [0.05, 0.1) is 6.61 Å². The SMILES string of the molecule is CCCNCc1cccc(F)c1OCCc1cccnc1. The van der Waals surface area contributed by atoms with Crippen LogP contribution in [0.25, 0.3) is 0 Å². The van der Waals surface area contributed by atoms with Crippen LogP contribution < -0.4 is 10.1 Å². The normalized spacial score (nSPS) is 10.6. The molecule has 4 heteroatoms. The van der Waals surface area contributed by atoms with Crippen LogP contribution in [0.3, 0.4) is 0 Å². The Balaban J connectivity index is 1.94. The summed E-state index contributed by atoms with van der Waals surface area (Å²) in [5.41, 5.74) is 1.94. The van der Waals surface area contributed by atoms with Gasteiger partial charge in [-0.2, -0.15) is 0 Å². The van der Waals surface area contributed by atoms with Gasteiger partial charge in [-0.1, -0.05) is 25.1 Å². The summed E-state index contributed by atoms with van der Waals surface area (Å²) in [4.78, 5) is 4.06. The third kappa shape index (κ3) is 4.83. The standard InChI is InChI=1S/C17H21FN2O/c1-2-9-19-13-15-6-3-7-16(18)17(15)21-11-8-14-5-4-10-20-12-14/h3-7,10,12,19H,2,8-9,11,13H2,1H3. The van der Waals surface area contributed by atoms with E-state index in [-0.39, 0.29) is 5.82 Å². The fourth-order valence-electron chi connectivity index (χ4n) is 2.07. The summed E-state index contributed by atoms with van der Waals surface area (Å²) in [7, 11) is 0. The highest BCUT2D eigenvalue weighted by Gasteiger charge is 2.09. The first-order chi connectivity index (χ1) is 10.3. The molecule has 21 heavy (non-hydrogen) atoms. The zero-order chi connectivity index (χ0) is 14.9. The first-order valence-corrected chi connectivity index (χ1v) is 7.31. The number of aromatic nitrogens is 1. The predicted molar refractivity (Wildman–Crippen MR) is 81.8 cm³/mol. The lowest BCUT2D eigenvalue weighted by Crippen LogP contribution is -2.15. The summed E-state index contributed by atoms with van der Waals surface area (Å²) < 4.78 is 19.6. The zero-order valence-corrected chi connectivity index (χ0v) is 12.3. The highest BCUT2D eigenvalue weighted by molar-refractivity contribution is 5.35. The molecule has 1 N–H and O–H groups in total. The van der Waals surface area contributed by atoms with Gasteiger partial charge in [0.2, 0.25) is 0 Å². The van der Waals surface area contributed by atoms with Crippen molar-refractivity contribution in [1.82, 2.24) is 10.3 Å². The van der Waals surface area contributed by atoms with Crippen molar-refractivity contribution in [3.63, 3.8) is 0 Å². The maximum atomic E-state index is 13.9. The van der Waals surface area contributed by atoms with Gasteiger partial charge >= 0.3 is 0 Å². The third-order valence-corrected chi connectivity index (χ3v) is 3.15. The van der Waals surface area contributed by atoms with Crippen LogP contribution in [0.2, 0.25) is 0 Å². The van der Waals surface area contributed by atoms with Crippen LogP contribution >= 0.6 is 0 Å². The minimum absolute atomic E-state index is 0.308. The van der Waals surface area contributed by atoms with Crippen LogP contribution in [0.15, 0.2) is 42.7 Å². The molecule has 1 heterocycles. The van der Waals surface area contributed by atoms with Crippen molar-refractivity contribution in [1.29, 1.82) is 0 Å². The van der Waals surface area contributed by atoms with Gasteiger partial charge < -0.3 is 10.1 Å². The minimum Gasteiger partial charge on any atom is -0.490 e. The number of hydrogen-bond donors (Lipinski definition) is 1. The minimum atomic E-state index is -0.308. The summed E-state index contributed by atoms with van der Waals surface area (Å²) in [6.45, 7) is 4.07. The highest BCUT2D eigenvalue weighted by Crippen LogP contribution is 2.22. The molecule has 112 valence electrons. The lowest BCUT2D eigenvalue weighted by atomic mass is 10.2. The van der Waals surface area contributed by atoms with Gasteiger partial charge in [-0.25, -0.2) is 4.39 Å². The molecule has 2 aromatic rings. The highest BCUT2D eigenvalue weighted by atomic mass is 19.1. The fraction of sp³-hybridized carbons (Fsp3) is 0.353. The molecule has 1 aromatic heterocycles. The second kappa shape index (κ2) is 8.37. The smallest absolute Gasteiger partial charge is 0.165 e. The molecule has 0 atom stereocenters. The number of hydrogen-bond acceptors (Lipinski definition) is 3. The molecular formula is C17H21FN2O. The number of nitrogens with one attached hydrogen (secondary N) is 1. The Labute approximate surface area is 125 Å². The molecule has 0 amide bonds. The molecule has 0 radical (unpaired) electrons. The molecule has 0 bridgehead atoms. The van der Waals surface area contributed by atoms with Crippen molar-refractivity contribution in [2.45, 2.75) is 26.3 Å². The van der Waals surface area contributed by atoms with E-state index in [0.717, 1.165) is 24.1 Å². The van der Waals surface area contributed by atoms with Crippen molar-refractivity contribution in [2.24, 2.45) is 0 Å². The Morgan fingerprint density at radius 3 is 2.90 bits per heavy atom. The molecular weight excluding hydrogens is 267 g/mol. The molecule has 0 fully saturated rings. The molecule has 0 saturated carbocycles. The number of rotatable bonds is 8. The van der Waals surface area contributed by atoms with Gasteiger partial charge in [-0.15, -0.1) is 0 Å². The van der Waals surface area contributed by atoms with Crippen LogP contribution in [0, 0.1) is 5.82 Å². The van der Waals surface area contributed by atoms with Crippen molar-refractivity contribution < 1.29 is 9.13 Å². The third-order valence-electron chi connectivity index (χ3n) is 3.15. The number of pyridine rings is 1. The quantitative estimate of drug-likeness (QED) is 0.756. The summed E-state index contributed by atoms with van der Waals surface area (Å²) >= 11 is 0. The first-order valence-electron chi connectivity index (χ1n) is 7.31. The molecule has 0 spiro atoms. The van der Waals surface area contributed by atoms with Gasteiger partial charge in [0.15, 0.2) is 11.6 Å². The van der Waals surface area contributed by atoms with Gasteiger partial charge in [0, 0.05) is 30.9 Å². The lowest BCUT2D eigenvalue weighted by molar-refractivity contribution is 0.301. The van der Waals surface area contributed by atoms with E-state index in [1.165, 1.54) is 6.07 Å². The largest absolute Gasteiger partial charge is 0.490 e. The van der Waals surface area contributed by atoms with Gasteiger partial charge in [-0.05, 0) is 30.7 Å². The van der Waals surface area contributed by atoms with Gasteiger partial charge in [0.1, 0.15) is 0 Å². The van der Waals surface area contributed by atoms with Crippen LogP contribution in [-0.4, -0.2) is 18.1 Å². The van der Waals surface area contributed by atoms with E-state index < -0.39 is 0 Å². The first kappa shape index (κ1) is 15.4. The maximum absolute atomic E-state index is 13.9. The Hall–Kier alpha value is -1.94. The Morgan fingerprint density at radius 1 is 1.24 bits per heavy atom. The Bertz CT molecular complexity index is 546. The van der Waals surface area contributed by atoms with Crippen molar-refractivity contribution in [2.75, 3.05) is 13.2 Å². The summed E-state index contributed by atoms with van der Waals surface area (Å²) in [6.07, 6.45) is 5.30. The van der Waals surface area contributed by atoms with Crippen LogP contribution in [0.4, 0.5) is 4.39 Å². The van der Waals surface area contributed by atoms with E-state index in [9.17, 15) is 4.39 Å². The molecule has 0 aliphatic rings. The van der Waals surface area contributed by atoms with E-state index in [1.807, 2.05) is 18.2 Å². The van der Waals surface area contributed by atoms with E-state index in [4.69, 9.17) is 4.74 Å². The summed E-state index contributed by atoms with van der Waals surface area (Å²) in [5, 5.41) is 3.27. The van der Waals surface area contributed by atoms with Crippen molar-refractivity contribution in [3.05, 3.63) is 59.7 Å². The molecule has 0 saturated heterocycles. The Kier molecular flexibility index (Phi) is 6.16. The van der Waals surface area contributed by atoms with Crippen molar-refractivity contribution in [3.8, 4) is 5.75 Å². The number of halogens is 1. The average Bonchev–Trinajstić information content (AvgIpc) is 2.51. The van der Waals surface area contributed by atoms with Gasteiger partial charge in [-0.3, -0.25) is 4.98 Å². The zero-order valence-electron chi connectivity index (χ0n) is 12.3. The second-order valence-electron chi connectivity index (χ2n) is 4.86. The van der Waals surface area contributed by atoms with Crippen LogP contribution in [0.5, 0.6) is 5.75 Å². The molecule has 0 aliphatic carbocycles. The predicted octanol–water partition coefficient (Wildman–Crippen LogP) is 3.34. The topological polar surface area (TPSA) is 34.1 Å². The average molecular weight is 288 g/mol. The lowest BCUT2D eigenvalue weighted by Gasteiger charge is -2.13. The maximum Gasteiger partial charge on any atom is 0.165 e. The fourth-order valence-corrected chi connectivity index (χ4v) is 2.07. The summed E-state index contributed by atoms with van der Waals surface area (Å²) in [6, 6.07) is 8.92. The van der Waals surface area contributed by atoms with E-state index >= 15 is 0 Å². The molecule has 0 unspecified atom stereocenters. The second-order valence-corrected chi connectivity index (χ2v) is 4.86. The molecule has 3 nitrogen and oxygen atoms in total. The number of para-hydroxylation sites is 1.